The van der Waals surface area contributed by atoms with E-state index in [1.807, 2.05) is 6.20 Å². The molecular formula is C20H21ClN2O. The van der Waals surface area contributed by atoms with Crippen LogP contribution in [0.4, 0.5) is 0 Å². The highest BCUT2D eigenvalue weighted by atomic mass is 35.5. The van der Waals surface area contributed by atoms with Gasteiger partial charge in [0.25, 0.3) is 0 Å². The van der Waals surface area contributed by atoms with Crippen LogP contribution >= 0.6 is 11.6 Å². The van der Waals surface area contributed by atoms with Gasteiger partial charge in [-0.05, 0) is 72.1 Å². The van der Waals surface area contributed by atoms with Crippen molar-refractivity contribution in [1.29, 1.82) is 0 Å². The van der Waals surface area contributed by atoms with Crippen molar-refractivity contribution in [3.8, 4) is 5.75 Å². The molecule has 124 valence electrons. The third-order valence-electron chi connectivity index (χ3n) is 5.06. The number of halogens is 1. The molecule has 2 aromatic carbocycles. The molecule has 3 nitrogen and oxygen atoms in total. The molecule has 1 aliphatic rings. The lowest BCUT2D eigenvalue weighted by atomic mass is 10.0. The Morgan fingerprint density at radius 2 is 2.08 bits per heavy atom. The minimum Gasteiger partial charge on any atom is -0.508 e. The predicted octanol–water partition coefficient (Wildman–Crippen LogP) is 4.91. The van der Waals surface area contributed by atoms with Gasteiger partial charge in [-0.25, -0.2) is 0 Å². The molecule has 0 fully saturated rings. The van der Waals surface area contributed by atoms with Gasteiger partial charge in [0.05, 0.1) is 0 Å². The second-order valence-corrected chi connectivity index (χ2v) is 7.09. The van der Waals surface area contributed by atoms with Crippen LogP contribution in [0.15, 0.2) is 42.6 Å². The molecule has 0 saturated heterocycles. The maximum absolute atomic E-state index is 10.3. The van der Waals surface area contributed by atoms with Crippen LogP contribution in [-0.4, -0.2) is 16.6 Å². The number of aromatic hydroxyl groups is 1. The number of phenolic OH excluding ortho intramolecular Hbond substituents is 1. The second kappa shape index (κ2) is 6.15. The largest absolute Gasteiger partial charge is 0.508 e. The zero-order chi connectivity index (χ0) is 16.7. The molecule has 4 heteroatoms. The van der Waals surface area contributed by atoms with Gasteiger partial charge in [0, 0.05) is 28.3 Å². The fraction of sp³-hybridized carbons (Fsp3) is 0.300. The third-order valence-corrected chi connectivity index (χ3v) is 5.39. The molecule has 0 spiro atoms. The van der Waals surface area contributed by atoms with Crippen molar-refractivity contribution in [2.45, 2.75) is 31.7 Å². The molecule has 0 radical (unpaired) electrons. The molecule has 4 rings (SSSR count). The van der Waals surface area contributed by atoms with Crippen molar-refractivity contribution >= 4 is 22.5 Å². The minimum atomic E-state index is 0.171. The molecule has 3 N–H and O–H groups in total. The van der Waals surface area contributed by atoms with E-state index >= 15 is 0 Å². The molecule has 1 aliphatic carbocycles. The Morgan fingerprint density at radius 3 is 2.96 bits per heavy atom. The van der Waals surface area contributed by atoms with E-state index in [0.29, 0.717) is 11.7 Å². The molecular weight excluding hydrogens is 320 g/mol. The predicted molar refractivity (Wildman–Crippen MR) is 98.9 cm³/mol. The van der Waals surface area contributed by atoms with Gasteiger partial charge < -0.3 is 15.4 Å². The number of benzene rings is 2. The lowest BCUT2D eigenvalue weighted by molar-refractivity contribution is 0.446. The van der Waals surface area contributed by atoms with Gasteiger partial charge in [0.2, 0.25) is 0 Å². The van der Waals surface area contributed by atoms with Gasteiger partial charge in [0.15, 0.2) is 0 Å². The molecule has 2 unspecified atom stereocenters. The number of fused-ring (bicyclic) bond motifs is 2. The van der Waals surface area contributed by atoms with Crippen LogP contribution in [0.1, 0.15) is 42.0 Å². The van der Waals surface area contributed by atoms with Crippen LogP contribution in [0.25, 0.3) is 10.9 Å². The van der Waals surface area contributed by atoms with Crippen LogP contribution in [0.2, 0.25) is 5.02 Å². The number of hydrogen-bond acceptors (Lipinski definition) is 2. The first kappa shape index (κ1) is 15.6. The normalized spacial score (nSPS) is 19.8. The molecule has 24 heavy (non-hydrogen) atoms. The minimum absolute atomic E-state index is 0.171. The monoisotopic (exact) mass is 340 g/mol. The van der Waals surface area contributed by atoms with E-state index in [4.69, 9.17) is 11.6 Å². The molecule has 1 heterocycles. The molecule has 0 amide bonds. The van der Waals surface area contributed by atoms with Gasteiger partial charge in [-0.15, -0.1) is 0 Å². The Hall–Kier alpha value is -1.97. The molecule has 3 aromatic rings. The van der Waals surface area contributed by atoms with E-state index in [1.165, 1.54) is 16.5 Å². The number of hydrogen-bond donors (Lipinski definition) is 3. The van der Waals surface area contributed by atoms with Crippen molar-refractivity contribution in [3.05, 3.63) is 64.3 Å². The first-order valence-corrected chi connectivity index (χ1v) is 8.82. The summed E-state index contributed by atoms with van der Waals surface area (Å²) in [5, 5.41) is 15.9. The molecule has 0 aliphatic heterocycles. The van der Waals surface area contributed by atoms with E-state index in [-0.39, 0.29) is 6.04 Å². The summed E-state index contributed by atoms with van der Waals surface area (Å²) in [6.45, 7) is 3.05. The van der Waals surface area contributed by atoms with Crippen LogP contribution in [0, 0.1) is 0 Å². The summed E-state index contributed by atoms with van der Waals surface area (Å²) in [5.74, 6) is 0.721. The number of phenols is 1. The average Bonchev–Trinajstić information content (AvgIpc) is 3.16. The summed E-state index contributed by atoms with van der Waals surface area (Å²) in [4.78, 5) is 3.22. The van der Waals surface area contributed by atoms with Crippen LogP contribution < -0.4 is 5.32 Å². The summed E-state index contributed by atoms with van der Waals surface area (Å²) < 4.78 is 0. The lowest BCUT2D eigenvalue weighted by Crippen LogP contribution is -2.22. The number of aromatic nitrogens is 1. The number of H-pyrrole nitrogens is 1. The van der Waals surface area contributed by atoms with Crippen LogP contribution in [0.5, 0.6) is 5.75 Å². The fourth-order valence-corrected chi connectivity index (χ4v) is 4.24. The average molecular weight is 341 g/mol. The van der Waals surface area contributed by atoms with Gasteiger partial charge in [0.1, 0.15) is 5.75 Å². The van der Waals surface area contributed by atoms with Gasteiger partial charge >= 0.3 is 0 Å². The van der Waals surface area contributed by atoms with E-state index in [1.54, 1.807) is 12.1 Å². The van der Waals surface area contributed by atoms with E-state index < -0.39 is 0 Å². The van der Waals surface area contributed by atoms with Crippen molar-refractivity contribution < 1.29 is 5.11 Å². The quantitative estimate of drug-likeness (QED) is 0.632. The first-order chi connectivity index (χ1) is 11.6. The Kier molecular flexibility index (Phi) is 3.99. The van der Waals surface area contributed by atoms with E-state index in [2.05, 4.69) is 41.5 Å². The van der Waals surface area contributed by atoms with Crippen molar-refractivity contribution in [2.75, 3.05) is 6.54 Å². The SMILES string of the molecule is CC1CC(NCCc2ccc3[nH]ccc3c2)c2c(O)ccc(Cl)c21. The molecule has 0 saturated carbocycles. The fourth-order valence-electron chi connectivity index (χ4n) is 3.89. The standard InChI is InChI=1S/C20H21ClN2O/c1-12-10-17(20-18(24)5-3-15(21)19(12)20)23-8-6-13-2-4-16-14(11-13)7-9-22-16/h2-5,7,9,11-12,17,22-24H,6,8,10H2,1H3. The van der Waals surface area contributed by atoms with Crippen molar-refractivity contribution in [1.82, 2.24) is 10.3 Å². The zero-order valence-corrected chi connectivity index (χ0v) is 14.4. The van der Waals surface area contributed by atoms with Crippen molar-refractivity contribution in [3.63, 3.8) is 0 Å². The number of aromatic amines is 1. The summed E-state index contributed by atoms with van der Waals surface area (Å²) in [6, 6.07) is 12.3. The topological polar surface area (TPSA) is 48.0 Å². The van der Waals surface area contributed by atoms with Gasteiger partial charge in [-0.3, -0.25) is 0 Å². The van der Waals surface area contributed by atoms with Gasteiger partial charge in [-0.1, -0.05) is 24.6 Å². The highest BCUT2D eigenvalue weighted by Crippen LogP contribution is 2.47. The Bertz CT molecular complexity index is 886. The van der Waals surface area contributed by atoms with E-state index in [0.717, 1.165) is 35.5 Å². The first-order valence-electron chi connectivity index (χ1n) is 8.44. The summed E-state index contributed by atoms with van der Waals surface area (Å²) >= 11 is 6.33. The molecule has 2 atom stereocenters. The molecule has 1 aromatic heterocycles. The summed E-state index contributed by atoms with van der Waals surface area (Å²) in [5.41, 5.74) is 4.57. The maximum atomic E-state index is 10.3. The third kappa shape index (κ3) is 2.68. The Balaban J connectivity index is 1.47. The number of rotatable bonds is 4. The Morgan fingerprint density at radius 1 is 1.21 bits per heavy atom. The summed E-state index contributed by atoms with van der Waals surface area (Å²) in [7, 11) is 0. The lowest BCUT2D eigenvalue weighted by Gasteiger charge is -2.15. The number of nitrogens with one attached hydrogen (secondary N) is 2. The highest BCUT2D eigenvalue weighted by molar-refractivity contribution is 6.31. The summed E-state index contributed by atoms with van der Waals surface area (Å²) in [6.07, 6.45) is 3.90. The Labute approximate surface area is 146 Å². The van der Waals surface area contributed by atoms with Gasteiger partial charge in [-0.2, -0.15) is 0 Å². The van der Waals surface area contributed by atoms with E-state index in [9.17, 15) is 5.11 Å². The van der Waals surface area contributed by atoms with Crippen molar-refractivity contribution in [2.24, 2.45) is 0 Å². The molecule has 0 bridgehead atoms. The smallest absolute Gasteiger partial charge is 0.120 e. The second-order valence-electron chi connectivity index (χ2n) is 6.69. The van der Waals surface area contributed by atoms with Crippen LogP contribution in [-0.2, 0) is 6.42 Å². The zero-order valence-electron chi connectivity index (χ0n) is 13.6. The maximum Gasteiger partial charge on any atom is 0.120 e. The highest BCUT2D eigenvalue weighted by Gasteiger charge is 2.32. The van der Waals surface area contributed by atoms with Crippen LogP contribution in [0.3, 0.4) is 0 Å².